The van der Waals surface area contributed by atoms with E-state index in [4.69, 9.17) is 9.84 Å². The second-order valence-electron chi connectivity index (χ2n) is 6.25. The van der Waals surface area contributed by atoms with Crippen LogP contribution in [0.3, 0.4) is 0 Å². The smallest absolute Gasteiger partial charge is 0.334 e. The Morgan fingerprint density at radius 1 is 1.30 bits per heavy atom. The maximum Gasteiger partial charge on any atom is 0.334 e. The third-order valence-electron chi connectivity index (χ3n) is 4.87. The first-order valence-corrected chi connectivity index (χ1v) is 7.93. The van der Waals surface area contributed by atoms with Crippen LogP contribution in [0.15, 0.2) is 24.3 Å². The number of carboxylic acid groups (broad SMARTS) is 1. The summed E-state index contributed by atoms with van der Waals surface area (Å²) < 4.78 is 18.8. The molecule has 3 rings (SSSR count). The Kier molecular flexibility index (Phi) is 4.35. The van der Waals surface area contributed by atoms with Crippen LogP contribution in [0, 0.1) is 5.82 Å². The van der Waals surface area contributed by atoms with E-state index in [0.717, 1.165) is 12.8 Å². The molecule has 5 nitrogen and oxygen atoms in total. The summed E-state index contributed by atoms with van der Waals surface area (Å²) in [6.45, 7) is 0.632. The second kappa shape index (κ2) is 6.28. The topological polar surface area (TPSA) is 66.8 Å². The van der Waals surface area contributed by atoms with Gasteiger partial charge in [0.2, 0.25) is 5.91 Å². The molecule has 0 unspecified atom stereocenters. The Labute approximate surface area is 134 Å². The van der Waals surface area contributed by atoms with E-state index in [1.807, 2.05) is 0 Å². The number of aliphatic carboxylic acids is 1. The Morgan fingerprint density at radius 3 is 2.70 bits per heavy atom. The van der Waals surface area contributed by atoms with E-state index in [2.05, 4.69) is 0 Å². The highest BCUT2D eigenvalue weighted by Crippen LogP contribution is 2.43. The predicted molar refractivity (Wildman–Crippen MR) is 80.5 cm³/mol. The summed E-state index contributed by atoms with van der Waals surface area (Å²) in [6, 6.07) is 6.21. The van der Waals surface area contributed by atoms with Gasteiger partial charge in [0.05, 0.1) is 18.6 Å². The zero-order chi connectivity index (χ0) is 16.4. The Balaban J connectivity index is 1.89. The van der Waals surface area contributed by atoms with Crippen LogP contribution < -0.4 is 0 Å². The number of rotatable bonds is 3. The molecular weight excluding hydrogens is 301 g/mol. The average molecular weight is 321 g/mol. The van der Waals surface area contributed by atoms with Gasteiger partial charge in [0.15, 0.2) is 6.10 Å². The van der Waals surface area contributed by atoms with Crippen LogP contribution in [-0.4, -0.2) is 47.7 Å². The van der Waals surface area contributed by atoms with Crippen molar-refractivity contribution < 1.29 is 23.8 Å². The van der Waals surface area contributed by atoms with Gasteiger partial charge in [0.1, 0.15) is 5.82 Å². The van der Waals surface area contributed by atoms with E-state index in [-0.39, 0.29) is 24.9 Å². The van der Waals surface area contributed by atoms with Crippen LogP contribution in [0.4, 0.5) is 4.39 Å². The molecule has 1 atom stereocenters. The molecule has 0 bridgehead atoms. The zero-order valence-electron chi connectivity index (χ0n) is 12.8. The van der Waals surface area contributed by atoms with Crippen molar-refractivity contribution in [3.05, 3.63) is 35.6 Å². The fourth-order valence-corrected chi connectivity index (χ4v) is 3.68. The number of carbonyl (C=O) groups is 2. The van der Waals surface area contributed by atoms with E-state index < -0.39 is 17.5 Å². The molecule has 1 saturated heterocycles. The largest absolute Gasteiger partial charge is 0.479 e. The highest BCUT2D eigenvalue weighted by molar-refractivity contribution is 5.89. The highest BCUT2D eigenvalue weighted by Gasteiger charge is 2.46. The van der Waals surface area contributed by atoms with Crippen molar-refractivity contribution in [3.8, 4) is 0 Å². The summed E-state index contributed by atoms with van der Waals surface area (Å²) in [4.78, 5) is 25.9. The van der Waals surface area contributed by atoms with Crippen molar-refractivity contribution in [2.45, 2.75) is 37.2 Å². The number of ether oxygens (including phenoxy) is 1. The van der Waals surface area contributed by atoms with E-state index in [1.54, 1.807) is 17.0 Å². The van der Waals surface area contributed by atoms with Gasteiger partial charge in [0.25, 0.3) is 0 Å². The fourth-order valence-electron chi connectivity index (χ4n) is 3.68. The molecule has 1 aromatic carbocycles. The lowest BCUT2D eigenvalue weighted by Crippen LogP contribution is -2.54. The number of amides is 1. The molecule has 0 spiro atoms. The van der Waals surface area contributed by atoms with Gasteiger partial charge >= 0.3 is 5.97 Å². The molecule has 1 aliphatic carbocycles. The monoisotopic (exact) mass is 321 g/mol. The summed E-state index contributed by atoms with van der Waals surface area (Å²) in [6.07, 6.45) is 2.18. The van der Waals surface area contributed by atoms with Gasteiger partial charge in [-0.15, -0.1) is 0 Å². The first-order chi connectivity index (χ1) is 11.0. The number of hydrogen-bond donors (Lipinski definition) is 1. The molecular formula is C17H20FNO4. The maximum atomic E-state index is 13.6. The van der Waals surface area contributed by atoms with Crippen LogP contribution in [0.25, 0.3) is 0 Å². The van der Waals surface area contributed by atoms with Gasteiger partial charge in [-0.1, -0.05) is 25.0 Å². The summed E-state index contributed by atoms with van der Waals surface area (Å²) in [5.41, 5.74) is -0.0407. The van der Waals surface area contributed by atoms with Crippen molar-refractivity contribution >= 4 is 11.9 Å². The Hall–Kier alpha value is -1.95. The number of benzene rings is 1. The fraction of sp³-hybridized carbons (Fsp3) is 0.529. The normalized spacial score (nSPS) is 23.7. The third-order valence-corrected chi connectivity index (χ3v) is 4.87. The van der Waals surface area contributed by atoms with E-state index in [0.29, 0.717) is 24.9 Å². The molecule has 124 valence electrons. The number of morpholine rings is 1. The molecule has 1 N–H and O–H groups in total. The molecule has 1 aliphatic heterocycles. The summed E-state index contributed by atoms with van der Waals surface area (Å²) in [5.74, 6) is -1.52. The minimum atomic E-state index is -1.06. The average Bonchev–Trinajstić information content (AvgIpc) is 3.05. The van der Waals surface area contributed by atoms with Gasteiger partial charge in [0, 0.05) is 6.54 Å². The van der Waals surface area contributed by atoms with Crippen molar-refractivity contribution in [3.63, 3.8) is 0 Å². The van der Waals surface area contributed by atoms with Gasteiger partial charge in [-0.2, -0.15) is 0 Å². The summed E-state index contributed by atoms with van der Waals surface area (Å²) in [7, 11) is 0. The number of carboxylic acids is 1. The van der Waals surface area contributed by atoms with E-state index >= 15 is 0 Å². The predicted octanol–water partition coefficient (Wildman–Crippen LogP) is 1.95. The molecule has 23 heavy (non-hydrogen) atoms. The second-order valence-corrected chi connectivity index (χ2v) is 6.25. The summed E-state index contributed by atoms with van der Waals surface area (Å²) >= 11 is 0. The van der Waals surface area contributed by atoms with Crippen molar-refractivity contribution in [2.24, 2.45) is 0 Å². The van der Waals surface area contributed by atoms with Crippen LogP contribution in [0.1, 0.15) is 31.2 Å². The zero-order valence-corrected chi connectivity index (χ0v) is 12.8. The van der Waals surface area contributed by atoms with Crippen LogP contribution in [-0.2, 0) is 19.7 Å². The van der Waals surface area contributed by atoms with Crippen LogP contribution in [0.5, 0.6) is 0 Å². The number of halogens is 1. The number of hydrogen-bond acceptors (Lipinski definition) is 3. The molecule has 1 amide bonds. The number of carbonyl (C=O) groups excluding carboxylic acids is 1. The molecule has 1 heterocycles. The van der Waals surface area contributed by atoms with Gasteiger partial charge in [-0.05, 0) is 30.5 Å². The first-order valence-electron chi connectivity index (χ1n) is 7.93. The standard InChI is InChI=1S/C17H20FNO4/c18-13-5-3-4-12(10-13)17(6-1-2-7-17)16(22)19-8-9-23-14(11-19)15(20)21/h3-5,10,14H,1-2,6-9,11H2,(H,20,21)/t14-/m1/s1. The van der Waals surface area contributed by atoms with Gasteiger partial charge in [-0.3, -0.25) is 4.79 Å². The quantitative estimate of drug-likeness (QED) is 0.924. The molecule has 2 fully saturated rings. The first kappa shape index (κ1) is 15.9. The molecule has 6 heteroatoms. The van der Waals surface area contributed by atoms with Crippen LogP contribution in [0.2, 0.25) is 0 Å². The third kappa shape index (κ3) is 2.95. The lowest BCUT2D eigenvalue weighted by atomic mass is 9.77. The maximum absolute atomic E-state index is 13.6. The Bertz CT molecular complexity index is 612. The minimum Gasteiger partial charge on any atom is -0.479 e. The van der Waals surface area contributed by atoms with Gasteiger partial charge in [-0.25, -0.2) is 9.18 Å². The van der Waals surface area contributed by atoms with E-state index in [9.17, 15) is 14.0 Å². The van der Waals surface area contributed by atoms with Crippen molar-refractivity contribution in [2.75, 3.05) is 19.7 Å². The molecule has 0 aromatic heterocycles. The van der Waals surface area contributed by atoms with Gasteiger partial charge < -0.3 is 14.7 Å². The van der Waals surface area contributed by atoms with E-state index in [1.165, 1.54) is 12.1 Å². The lowest BCUT2D eigenvalue weighted by Gasteiger charge is -2.38. The lowest BCUT2D eigenvalue weighted by molar-refractivity contribution is -0.161. The SMILES string of the molecule is O=C(O)[C@H]1CN(C(=O)C2(c3cccc(F)c3)CCCC2)CCO1. The highest BCUT2D eigenvalue weighted by atomic mass is 19.1. The van der Waals surface area contributed by atoms with Crippen LogP contribution >= 0.6 is 0 Å². The Morgan fingerprint density at radius 2 is 2.04 bits per heavy atom. The molecule has 1 saturated carbocycles. The summed E-state index contributed by atoms with van der Waals surface area (Å²) in [5, 5.41) is 9.11. The molecule has 2 aliphatic rings. The van der Waals surface area contributed by atoms with Crippen molar-refractivity contribution in [1.82, 2.24) is 4.90 Å². The van der Waals surface area contributed by atoms with Crippen molar-refractivity contribution in [1.29, 1.82) is 0 Å². The molecule has 1 aromatic rings. The molecule has 0 radical (unpaired) electrons. The minimum absolute atomic E-state index is 0.0469. The number of nitrogens with zero attached hydrogens (tertiary/aromatic N) is 1.